The van der Waals surface area contributed by atoms with Gasteiger partial charge in [-0.3, -0.25) is 9.59 Å². The molecule has 0 spiro atoms. The molecule has 1 aliphatic heterocycles. The molecule has 0 N–H and O–H groups in total. The lowest BCUT2D eigenvalue weighted by Gasteiger charge is -2.31. The van der Waals surface area contributed by atoms with E-state index in [1.54, 1.807) is 0 Å². The maximum Gasteiger partial charge on any atom is 0.306 e. The summed E-state index contributed by atoms with van der Waals surface area (Å²) in [4.78, 5) is 25.4. The Hall–Kier alpha value is -1.06. The Balaban J connectivity index is 1.71. The van der Waals surface area contributed by atoms with Crippen molar-refractivity contribution in [2.45, 2.75) is 39.5 Å². The van der Waals surface area contributed by atoms with Gasteiger partial charge in [0.05, 0.1) is 6.61 Å². The summed E-state index contributed by atoms with van der Waals surface area (Å²) in [5.74, 6) is 1.49. The van der Waals surface area contributed by atoms with E-state index >= 15 is 0 Å². The Morgan fingerprint density at radius 1 is 1.28 bits per heavy atom. The molecule has 2 aliphatic rings. The molecule has 0 radical (unpaired) electrons. The molecule has 1 aliphatic carbocycles. The number of esters is 1. The van der Waals surface area contributed by atoms with Gasteiger partial charge in [0.15, 0.2) is 0 Å². The average Bonchev–Trinajstić information content (AvgIpc) is 3.07. The van der Waals surface area contributed by atoms with Crippen molar-refractivity contribution in [3.8, 4) is 0 Å². The van der Waals surface area contributed by atoms with Gasteiger partial charge in [-0.15, -0.1) is 0 Å². The van der Waals surface area contributed by atoms with Crippen molar-refractivity contribution < 1.29 is 14.3 Å². The SMILES string of the molecule is CCOC(=O)CC1CCN(C(=O)[C@@H]2C[C@H]2C)CC1. The lowest BCUT2D eigenvalue weighted by Crippen LogP contribution is -2.40. The van der Waals surface area contributed by atoms with Crippen LogP contribution in [-0.4, -0.2) is 36.5 Å². The first kappa shape index (κ1) is 13.4. The number of ether oxygens (including phenoxy) is 1. The third kappa shape index (κ3) is 3.24. The van der Waals surface area contributed by atoms with E-state index in [4.69, 9.17) is 4.74 Å². The van der Waals surface area contributed by atoms with Crippen LogP contribution < -0.4 is 0 Å². The summed E-state index contributed by atoms with van der Waals surface area (Å²) >= 11 is 0. The molecule has 2 fully saturated rings. The van der Waals surface area contributed by atoms with Crippen LogP contribution >= 0.6 is 0 Å². The highest BCUT2D eigenvalue weighted by atomic mass is 16.5. The fourth-order valence-electron chi connectivity index (χ4n) is 2.71. The molecule has 0 bridgehead atoms. The second-order valence-electron chi connectivity index (χ2n) is 5.60. The van der Waals surface area contributed by atoms with E-state index in [0.717, 1.165) is 32.4 Å². The highest BCUT2D eigenvalue weighted by Gasteiger charge is 2.42. The normalized spacial score (nSPS) is 28.0. The van der Waals surface area contributed by atoms with Crippen LogP contribution in [0.4, 0.5) is 0 Å². The molecule has 4 heteroatoms. The van der Waals surface area contributed by atoms with Gasteiger partial charge in [0.2, 0.25) is 5.91 Å². The zero-order valence-corrected chi connectivity index (χ0v) is 11.4. The summed E-state index contributed by atoms with van der Waals surface area (Å²) in [7, 11) is 0. The maximum atomic E-state index is 12.0. The quantitative estimate of drug-likeness (QED) is 0.718. The van der Waals surface area contributed by atoms with Gasteiger partial charge in [-0.2, -0.15) is 0 Å². The van der Waals surface area contributed by atoms with Gasteiger partial charge < -0.3 is 9.64 Å². The summed E-state index contributed by atoms with van der Waals surface area (Å²) in [5, 5.41) is 0. The van der Waals surface area contributed by atoms with E-state index in [9.17, 15) is 9.59 Å². The van der Waals surface area contributed by atoms with Crippen molar-refractivity contribution in [3.05, 3.63) is 0 Å². The Bertz CT molecular complexity index is 321. The molecule has 0 aromatic heterocycles. The van der Waals surface area contributed by atoms with E-state index < -0.39 is 0 Å². The molecule has 1 saturated heterocycles. The van der Waals surface area contributed by atoms with Crippen LogP contribution in [0.2, 0.25) is 0 Å². The highest BCUT2D eigenvalue weighted by molar-refractivity contribution is 5.81. The topological polar surface area (TPSA) is 46.6 Å². The van der Waals surface area contributed by atoms with Crippen LogP contribution in [-0.2, 0) is 14.3 Å². The number of nitrogens with zero attached hydrogens (tertiary/aromatic N) is 1. The minimum atomic E-state index is -0.0990. The summed E-state index contributed by atoms with van der Waals surface area (Å²) in [5.41, 5.74) is 0. The Kier molecular flexibility index (Phi) is 4.25. The molecule has 0 unspecified atom stereocenters. The first-order chi connectivity index (χ1) is 8.61. The minimum absolute atomic E-state index is 0.0990. The molecule has 2 atom stereocenters. The summed E-state index contributed by atoms with van der Waals surface area (Å²) < 4.78 is 4.96. The van der Waals surface area contributed by atoms with Crippen LogP contribution in [0, 0.1) is 17.8 Å². The molecule has 4 nitrogen and oxygen atoms in total. The van der Waals surface area contributed by atoms with Crippen molar-refractivity contribution in [1.82, 2.24) is 4.90 Å². The van der Waals surface area contributed by atoms with Gasteiger partial charge in [0.1, 0.15) is 0 Å². The zero-order valence-electron chi connectivity index (χ0n) is 11.4. The number of likely N-dealkylation sites (tertiary alicyclic amines) is 1. The van der Waals surface area contributed by atoms with Crippen LogP contribution in [0.5, 0.6) is 0 Å². The fourth-order valence-corrected chi connectivity index (χ4v) is 2.71. The van der Waals surface area contributed by atoms with Gasteiger partial charge in [-0.1, -0.05) is 6.92 Å². The van der Waals surface area contributed by atoms with Gasteiger partial charge in [-0.25, -0.2) is 0 Å². The molecule has 1 heterocycles. The molecule has 1 amide bonds. The van der Waals surface area contributed by atoms with E-state index in [2.05, 4.69) is 6.92 Å². The van der Waals surface area contributed by atoms with Crippen LogP contribution in [0.1, 0.15) is 39.5 Å². The Morgan fingerprint density at radius 3 is 2.39 bits per heavy atom. The Labute approximate surface area is 109 Å². The lowest BCUT2D eigenvalue weighted by atomic mass is 9.93. The predicted molar refractivity (Wildman–Crippen MR) is 67.8 cm³/mol. The van der Waals surface area contributed by atoms with Crippen LogP contribution in [0.25, 0.3) is 0 Å². The molecule has 0 aromatic rings. The maximum absolute atomic E-state index is 12.0. The van der Waals surface area contributed by atoms with Crippen molar-refractivity contribution in [1.29, 1.82) is 0 Å². The second kappa shape index (κ2) is 5.72. The summed E-state index contributed by atoms with van der Waals surface area (Å²) in [6, 6.07) is 0. The van der Waals surface area contributed by atoms with E-state index in [1.807, 2.05) is 11.8 Å². The summed E-state index contributed by atoms with van der Waals surface area (Å²) in [6.07, 6.45) is 3.44. The number of carbonyl (C=O) groups is 2. The van der Waals surface area contributed by atoms with Crippen LogP contribution in [0.3, 0.4) is 0 Å². The molecular formula is C14H23NO3. The van der Waals surface area contributed by atoms with Crippen molar-refractivity contribution >= 4 is 11.9 Å². The number of carbonyl (C=O) groups excluding carboxylic acids is 2. The first-order valence-corrected chi connectivity index (χ1v) is 7.06. The zero-order chi connectivity index (χ0) is 13.1. The van der Waals surface area contributed by atoms with Crippen molar-refractivity contribution in [2.24, 2.45) is 17.8 Å². The third-order valence-electron chi connectivity index (χ3n) is 4.11. The first-order valence-electron chi connectivity index (χ1n) is 7.06. The molecule has 0 aromatic carbocycles. The number of rotatable bonds is 4. The standard InChI is InChI=1S/C14H23NO3/c1-3-18-13(16)9-11-4-6-15(7-5-11)14(17)12-8-10(12)2/h10-12H,3-9H2,1-2H3/t10-,12-/m1/s1. The van der Waals surface area contributed by atoms with Gasteiger partial charge in [0.25, 0.3) is 0 Å². The van der Waals surface area contributed by atoms with E-state index in [1.165, 1.54) is 0 Å². The van der Waals surface area contributed by atoms with E-state index in [0.29, 0.717) is 30.8 Å². The number of piperidine rings is 1. The molecule has 1 saturated carbocycles. The lowest BCUT2D eigenvalue weighted by molar-refractivity contribution is -0.144. The number of hydrogen-bond acceptors (Lipinski definition) is 3. The molecule has 18 heavy (non-hydrogen) atoms. The predicted octanol–water partition coefficient (Wildman–Crippen LogP) is 1.83. The van der Waals surface area contributed by atoms with Crippen molar-refractivity contribution in [3.63, 3.8) is 0 Å². The van der Waals surface area contributed by atoms with Gasteiger partial charge in [0, 0.05) is 25.4 Å². The number of hydrogen-bond donors (Lipinski definition) is 0. The fraction of sp³-hybridized carbons (Fsp3) is 0.857. The van der Waals surface area contributed by atoms with Crippen molar-refractivity contribution in [2.75, 3.05) is 19.7 Å². The van der Waals surface area contributed by atoms with Gasteiger partial charge >= 0.3 is 5.97 Å². The number of amides is 1. The summed E-state index contributed by atoms with van der Waals surface area (Å²) in [6.45, 7) is 6.04. The largest absolute Gasteiger partial charge is 0.466 e. The van der Waals surface area contributed by atoms with Crippen LogP contribution in [0.15, 0.2) is 0 Å². The minimum Gasteiger partial charge on any atom is -0.466 e. The monoisotopic (exact) mass is 253 g/mol. The second-order valence-corrected chi connectivity index (χ2v) is 5.60. The Morgan fingerprint density at radius 2 is 1.89 bits per heavy atom. The molecule has 2 rings (SSSR count). The highest BCUT2D eigenvalue weighted by Crippen LogP contribution is 2.39. The van der Waals surface area contributed by atoms with Gasteiger partial charge in [-0.05, 0) is 38.0 Å². The molecule has 102 valence electrons. The average molecular weight is 253 g/mol. The molecular weight excluding hydrogens is 230 g/mol. The smallest absolute Gasteiger partial charge is 0.306 e. The van der Waals surface area contributed by atoms with E-state index in [-0.39, 0.29) is 11.9 Å². The third-order valence-corrected chi connectivity index (χ3v) is 4.11.